The Labute approximate surface area is 216 Å². The Bertz CT molecular complexity index is 1110. The summed E-state index contributed by atoms with van der Waals surface area (Å²) in [4.78, 5) is 25.5. The molecule has 36 heavy (non-hydrogen) atoms. The van der Waals surface area contributed by atoms with Crippen molar-refractivity contribution in [3.8, 4) is 0 Å². The second kappa shape index (κ2) is 13.4. The van der Waals surface area contributed by atoms with E-state index in [2.05, 4.69) is 10.0 Å². The molecule has 1 aliphatic rings. The number of halogens is 1. The second-order valence-corrected chi connectivity index (χ2v) is 10.5. The fraction of sp³-hybridized carbons (Fsp3) is 0.417. The minimum Gasteiger partial charge on any atom is -0.480 e. The number of alkyl carbamates (subject to hydrolysis) is 1. The first-order valence-electron chi connectivity index (χ1n) is 11.7. The molecular weight excluding hydrogens is 508 g/mol. The average molecular weight is 539 g/mol. The van der Waals surface area contributed by atoms with Gasteiger partial charge in [0.2, 0.25) is 0 Å². The number of nitrogens with one attached hydrogen (secondary N) is 2. The molecule has 1 atom stereocenters. The van der Waals surface area contributed by atoms with Crippen molar-refractivity contribution in [2.75, 3.05) is 37.6 Å². The average Bonchev–Trinajstić information content (AvgIpc) is 2.87. The number of carboxylic acids is 1. The maximum Gasteiger partial charge on any atom is 0.407 e. The summed E-state index contributed by atoms with van der Waals surface area (Å²) < 4.78 is 34.3. The molecule has 1 aliphatic heterocycles. The van der Waals surface area contributed by atoms with Gasteiger partial charge >= 0.3 is 12.1 Å². The van der Waals surface area contributed by atoms with E-state index in [9.17, 15) is 23.1 Å². The summed E-state index contributed by atoms with van der Waals surface area (Å²) in [5.74, 6) is -1.24. The zero-order valence-electron chi connectivity index (χ0n) is 19.8. The summed E-state index contributed by atoms with van der Waals surface area (Å²) in [7, 11) is -3.97. The number of hydrogen-bond donors (Lipinski definition) is 3. The standard InChI is InChI=1S/C24H31ClN4O6S/c25-20-9-6-10-21(17-20)28-13-15-29(16-14-28)36(33,34)27-22(23(30)31)11-4-5-12-26-24(32)35-18-19-7-2-1-3-8-19/h1-3,6-10,17,22,27H,4-5,11-16,18H2,(H,26,32)(H,30,31)/t22-/m1/s1. The number of piperazine rings is 1. The number of carbonyl (C=O) groups is 2. The van der Waals surface area contributed by atoms with Crippen LogP contribution in [0.15, 0.2) is 54.6 Å². The van der Waals surface area contributed by atoms with Gasteiger partial charge in [0.05, 0.1) is 0 Å². The fourth-order valence-electron chi connectivity index (χ4n) is 3.78. The van der Waals surface area contributed by atoms with E-state index < -0.39 is 28.3 Å². The van der Waals surface area contributed by atoms with Crippen molar-refractivity contribution in [2.24, 2.45) is 0 Å². The molecule has 0 radical (unpaired) electrons. The Balaban J connectivity index is 1.38. The molecule has 1 saturated heterocycles. The number of unbranched alkanes of at least 4 members (excludes halogenated alkanes) is 1. The van der Waals surface area contributed by atoms with Crippen LogP contribution in [0.5, 0.6) is 0 Å². The number of hydrogen-bond acceptors (Lipinski definition) is 6. The Morgan fingerprint density at radius 2 is 1.75 bits per heavy atom. The third kappa shape index (κ3) is 8.66. The van der Waals surface area contributed by atoms with Gasteiger partial charge in [-0.05, 0) is 43.0 Å². The molecule has 3 N–H and O–H groups in total. The van der Waals surface area contributed by atoms with Gasteiger partial charge in [0, 0.05) is 43.4 Å². The molecule has 12 heteroatoms. The van der Waals surface area contributed by atoms with Crippen LogP contribution in [0.2, 0.25) is 5.02 Å². The van der Waals surface area contributed by atoms with Crippen molar-refractivity contribution in [3.05, 3.63) is 65.2 Å². The zero-order valence-corrected chi connectivity index (χ0v) is 21.4. The SMILES string of the molecule is O=C(NCCCC[C@@H](NS(=O)(=O)N1CCN(c2cccc(Cl)c2)CC1)C(=O)O)OCc1ccccc1. The van der Waals surface area contributed by atoms with E-state index in [1.165, 1.54) is 4.31 Å². The number of carboxylic acid groups (broad SMARTS) is 1. The molecule has 2 aromatic carbocycles. The van der Waals surface area contributed by atoms with Crippen LogP contribution < -0.4 is 14.9 Å². The Kier molecular flexibility index (Phi) is 10.4. The number of carbonyl (C=O) groups excluding carboxylic acids is 1. The number of nitrogens with zero attached hydrogens (tertiary/aromatic N) is 2. The molecule has 0 aromatic heterocycles. The summed E-state index contributed by atoms with van der Waals surface area (Å²) in [6.45, 7) is 1.82. The lowest BCUT2D eigenvalue weighted by atomic mass is 10.1. The molecule has 1 heterocycles. The Morgan fingerprint density at radius 3 is 2.42 bits per heavy atom. The fourth-order valence-corrected chi connectivity index (χ4v) is 5.34. The third-order valence-corrected chi connectivity index (χ3v) is 7.61. The van der Waals surface area contributed by atoms with Crippen molar-refractivity contribution in [2.45, 2.75) is 31.9 Å². The van der Waals surface area contributed by atoms with Gasteiger partial charge in [-0.25, -0.2) is 4.79 Å². The van der Waals surface area contributed by atoms with Crippen molar-refractivity contribution in [3.63, 3.8) is 0 Å². The molecule has 10 nitrogen and oxygen atoms in total. The molecule has 3 rings (SSSR count). The van der Waals surface area contributed by atoms with E-state index in [1.54, 1.807) is 6.07 Å². The van der Waals surface area contributed by atoms with E-state index >= 15 is 0 Å². The van der Waals surface area contributed by atoms with Gasteiger partial charge in [-0.3, -0.25) is 4.79 Å². The summed E-state index contributed by atoms with van der Waals surface area (Å²) in [6, 6.07) is 15.4. The first-order chi connectivity index (χ1) is 17.2. The molecule has 1 amide bonds. The van der Waals surface area contributed by atoms with Gasteiger partial charge < -0.3 is 20.1 Å². The van der Waals surface area contributed by atoms with Gasteiger partial charge in [-0.2, -0.15) is 17.4 Å². The molecule has 196 valence electrons. The van der Waals surface area contributed by atoms with Crippen LogP contribution in [0.1, 0.15) is 24.8 Å². The molecular formula is C24H31ClN4O6S. The summed E-state index contributed by atoms with van der Waals surface area (Å²) in [5, 5.41) is 12.7. The van der Waals surface area contributed by atoms with Crippen molar-refractivity contribution in [1.29, 1.82) is 0 Å². The molecule has 0 spiro atoms. The predicted octanol–water partition coefficient (Wildman–Crippen LogP) is 2.85. The van der Waals surface area contributed by atoms with Crippen molar-refractivity contribution in [1.82, 2.24) is 14.3 Å². The van der Waals surface area contributed by atoms with Crippen LogP contribution in [0.25, 0.3) is 0 Å². The second-order valence-electron chi connectivity index (χ2n) is 8.36. The third-order valence-electron chi connectivity index (χ3n) is 5.74. The van der Waals surface area contributed by atoms with Gasteiger partial charge in [0.1, 0.15) is 12.6 Å². The number of benzene rings is 2. The van der Waals surface area contributed by atoms with Gasteiger partial charge in [0.15, 0.2) is 0 Å². The van der Waals surface area contributed by atoms with Crippen LogP contribution in [0, 0.1) is 0 Å². The highest BCUT2D eigenvalue weighted by atomic mass is 35.5. The summed E-state index contributed by atoms with van der Waals surface area (Å²) in [6.07, 6.45) is 0.412. The topological polar surface area (TPSA) is 128 Å². The Morgan fingerprint density at radius 1 is 1.03 bits per heavy atom. The Hall–Kier alpha value is -2.86. The van der Waals surface area contributed by atoms with E-state index in [0.717, 1.165) is 11.3 Å². The highest BCUT2D eigenvalue weighted by Gasteiger charge is 2.31. The van der Waals surface area contributed by atoms with E-state index in [4.69, 9.17) is 16.3 Å². The number of aliphatic carboxylic acids is 1. The number of amides is 1. The van der Waals surface area contributed by atoms with Gasteiger partial charge in [-0.15, -0.1) is 0 Å². The molecule has 1 fully saturated rings. The lowest BCUT2D eigenvalue weighted by Gasteiger charge is -2.35. The smallest absolute Gasteiger partial charge is 0.407 e. The minimum atomic E-state index is -3.97. The maximum absolute atomic E-state index is 12.8. The lowest BCUT2D eigenvalue weighted by Crippen LogP contribution is -2.54. The zero-order chi connectivity index (χ0) is 26.0. The normalized spacial score (nSPS) is 15.3. The highest BCUT2D eigenvalue weighted by Crippen LogP contribution is 2.21. The molecule has 0 unspecified atom stereocenters. The molecule has 0 aliphatic carbocycles. The van der Waals surface area contributed by atoms with Crippen LogP contribution >= 0.6 is 11.6 Å². The monoisotopic (exact) mass is 538 g/mol. The molecule has 0 saturated carbocycles. The maximum atomic E-state index is 12.8. The predicted molar refractivity (Wildman–Crippen MR) is 137 cm³/mol. The van der Waals surface area contributed by atoms with Crippen LogP contribution in [0.3, 0.4) is 0 Å². The highest BCUT2D eigenvalue weighted by molar-refractivity contribution is 7.87. The van der Waals surface area contributed by atoms with Crippen molar-refractivity contribution >= 4 is 39.6 Å². The first-order valence-corrected chi connectivity index (χ1v) is 13.5. The van der Waals surface area contributed by atoms with Crippen LogP contribution in [0.4, 0.5) is 10.5 Å². The minimum absolute atomic E-state index is 0.0950. The molecule has 0 bridgehead atoms. The van der Waals surface area contributed by atoms with Crippen LogP contribution in [-0.4, -0.2) is 68.7 Å². The number of rotatable bonds is 12. The summed E-state index contributed by atoms with van der Waals surface area (Å²) >= 11 is 6.04. The quantitative estimate of drug-likeness (QED) is 0.354. The number of anilines is 1. The van der Waals surface area contributed by atoms with Gasteiger partial charge in [0.25, 0.3) is 10.2 Å². The van der Waals surface area contributed by atoms with E-state index in [1.807, 2.05) is 53.4 Å². The van der Waals surface area contributed by atoms with Crippen LogP contribution in [-0.2, 0) is 26.3 Å². The number of ether oxygens (including phenoxy) is 1. The van der Waals surface area contributed by atoms with E-state index in [0.29, 0.717) is 31.0 Å². The van der Waals surface area contributed by atoms with E-state index in [-0.39, 0.29) is 32.7 Å². The largest absolute Gasteiger partial charge is 0.480 e. The summed E-state index contributed by atoms with van der Waals surface area (Å²) in [5.41, 5.74) is 1.78. The van der Waals surface area contributed by atoms with Crippen molar-refractivity contribution < 1.29 is 27.9 Å². The first kappa shape index (κ1) is 27.7. The van der Waals surface area contributed by atoms with Gasteiger partial charge in [-0.1, -0.05) is 48.0 Å². The molecule has 2 aromatic rings. The lowest BCUT2D eigenvalue weighted by molar-refractivity contribution is -0.139.